The van der Waals surface area contributed by atoms with Crippen molar-refractivity contribution >= 4 is 11.7 Å². The molecule has 0 saturated carbocycles. The first-order valence-electron chi connectivity index (χ1n) is 6.33. The molecule has 0 amide bonds. The molecule has 2 aromatic rings. The maximum absolute atomic E-state index is 5.71. The van der Waals surface area contributed by atoms with Crippen molar-refractivity contribution in [3.63, 3.8) is 0 Å². The van der Waals surface area contributed by atoms with Crippen LogP contribution in [0.15, 0.2) is 36.7 Å². The van der Waals surface area contributed by atoms with Crippen LogP contribution in [0.4, 0.5) is 0 Å². The van der Waals surface area contributed by atoms with Gasteiger partial charge in [-0.25, -0.2) is 4.57 Å². The fourth-order valence-corrected chi connectivity index (χ4v) is 2.24. The minimum absolute atomic E-state index is 0. The molecule has 20 heavy (non-hydrogen) atoms. The number of pyridine rings is 1. The Morgan fingerprint density at radius 3 is 3.00 bits per heavy atom. The molecular weight excluding hydrogens is 385 g/mol. The van der Waals surface area contributed by atoms with Crippen LogP contribution in [0.3, 0.4) is 0 Å². The predicted molar refractivity (Wildman–Crippen MR) is 76.1 cm³/mol. The topological polar surface area (TPSA) is 38.9 Å². The van der Waals surface area contributed by atoms with E-state index in [4.69, 9.17) is 4.74 Å². The molecule has 0 unspecified atom stereocenters. The van der Waals surface area contributed by atoms with Gasteiger partial charge in [0.05, 0.1) is 23.9 Å². The van der Waals surface area contributed by atoms with Crippen LogP contribution >= 0.6 is 11.7 Å². The van der Waals surface area contributed by atoms with Crippen LogP contribution in [-0.2, 0) is 7.05 Å². The number of aryl methyl sites for hydroxylation is 1. The fraction of sp³-hybridized carbons (Fsp3) is 0.357. The molecule has 0 atom stereocenters. The molecule has 2 aromatic heterocycles. The quantitative estimate of drug-likeness (QED) is 0.290. The summed E-state index contributed by atoms with van der Waals surface area (Å²) < 4.78 is 16.2. The van der Waals surface area contributed by atoms with Gasteiger partial charge in [-0.1, -0.05) is 12.2 Å². The van der Waals surface area contributed by atoms with Gasteiger partial charge < -0.3 is 28.7 Å². The summed E-state index contributed by atoms with van der Waals surface area (Å²) in [6.07, 6.45) is 10.2. The van der Waals surface area contributed by atoms with E-state index in [1.165, 1.54) is 11.7 Å². The Morgan fingerprint density at radius 1 is 1.40 bits per heavy atom. The van der Waals surface area contributed by atoms with E-state index in [1.807, 2.05) is 43.1 Å². The second kappa shape index (κ2) is 9.02. The summed E-state index contributed by atoms with van der Waals surface area (Å²) in [6, 6.07) is 4.01. The molecule has 0 aliphatic rings. The standard InChI is InChI=1S/C14H18N3OS.HI/c1-3-4-5-6-10-18-14-13(15-19-16-14)12-8-7-9-17(2)11-12;/h3-4,7-9,11H,5-6,10H2,1-2H3;1H/q+1;/p-1/b4-3+;. The average molecular weight is 403 g/mol. The Balaban J connectivity index is 0.00000200. The number of halogens is 1. The minimum Gasteiger partial charge on any atom is -1.00 e. The Labute approximate surface area is 140 Å². The first-order chi connectivity index (χ1) is 9.31. The summed E-state index contributed by atoms with van der Waals surface area (Å²) in [5.41, 5.74) is 1.86. The van der Waals surface area contributed by atoms with Crippen LogP contribution in [0, 0.1) is 0 Å². The van der Waals surface area contributed by atoms with E-state index in [0.29, 0.717) is 12.5 Å². The summed E-state index contributed by atoms with van der Waals surface area (Å²) in [6.45, 7) is 2.69. The summed E-state index contributed by atoms with van der Waals surface area (Å²) in [5, 5.41) is 0. The summed E-state index contributed by atoms with van der Waals surface area (Å²) in [4.78, 5) is 0. The van der Waals surface area contributed by atoms with Crippen molar-refractivity contribution in [2.24, 2.45) is 7.05 Å². The van der Waals surface area contributed by atoms with E-state index in [9.17, 15) is 0 Å². The molecule has 2 heterocycles. The van der Waals surface area contributed by atoms with Gasteiger partial charge in [0.15, 0.2) is 18.1 Å². The summed E-state index contributed by atoms with van der Waals surface area (Å²) in [7, 11) is 1.99. The van der Waals surface area contributed by atoms with Crippen molar-refractivity contribution in [1.29, 1.82) is 0 Å². The lowest BCUT2D eigenvalue weighted by Crippen LogP contribution is -3.00. The van der Waals surface area contributed by atoms with Gasteiger partial charge in [-0.15, -0.1) is 4.37 Å². The van der Waals surface area contributed by atoms with Gasteiger partial charge in [0.25, 0.3) is 5.88 Å². The number of rotatable bonds is 6. The van der Waals surface area contributed by atoms with E-state index < -0.39 is 0 Å². The molecule has 0 aliphatic carbocycles. The van der Waals surface area contributed by atoms with Crippen molar-refractivity contribution in [2.45, 2.75) is 19.8 Å². The van der Waals surface area contributed by atoms with Gasteiger partial charge in [0, 0.05) is 6.07 Å². The molecule has 0 saturated heterocycles. The lowest BCUT2D eigenvalue weighted by Gasteiger charge is -2.03. The van der Waals surface area contributed by atoms with Crippen LogP contribution in [-0.4, -0.2) is 15.4 Å². The molecule has 0 fully saturated rings. The third-order valence-electron chi connectivity index (χ3n) is 2.66. The third-order valence-corrected chi connectivity index (χ3v) is 3.17. The second-order valence-corrected chi connectivity index (χ2v) is 4.76. The molecule has 0 aromatic carbocycles. The van der Waals surface area contributed by atoms with Gasteiger partial charge in [0.1, 0.15) is 7.05 Å². The third kappa shape index (κ3) is 4.82. The molecule has 6 heteroatoms. The Hall–Kier alpha value is -1.02. The van der Waals surface area contributed by atoms with E-state index in [0.717, 1.165) is 24.1 Å². The first kappa shape index (κ1) is 17.0. The molecule has 0 bridgehead atoms. The van der Waals surface area contributed by atoms with Crippen molar-refractivity contribution in [3.05, 3.63) is 36.7 Å². The molecule has 108 valence electrons. The van der Waals surface area contributed by atoms with Gasteiger partial charge in [-0.2, -0.15) is 4.37 Å². The Kier molecular flexibility index (Phi) is 7.68. The highest BCUT2D eigenvalue weighted by molar-refractivity contribution is 6.99. The lowest BCUT2D eigenvalue weighted by atomic mass is 10.2. The van der Waals surface area contributed by atoms with Crippen molar-refractivity contribution in [1.82, 2.24) is 8.75 Å². The number of nitrogens with zero attached hydrogens (tertiary/aromatic N) is 3. The van der Waals surface area contributed by atoms with Crippen molar-refractivity contribution < 1.29 is 33.3 Å². The zero-order chi connectivity index (χ0) is 13.5. The molecular formula is C14H18IN3OS. The smallest absolute Gasteiger partial charge is 0.254 e. The summed E-state index contributed by atoms with van der Waals surface area (Å²) in [5.74, 6) is 0.636. The number of aromatic nitrogens is 3. The normalized spacial score (nSPS) is 10.5. The lowest BCUT2D eigenvalue weighted by molar-refractivity contribution is -0.671. The van der Waals surface area contributed by atoms with E-state index in [1.54, 1.807) is 0 Å². The largest absolute Gasteiger partial charge is 1.00 e. The van der Waals surface area contributed by atoms with Gasteiger partial charge >= 0.3 is 0 Å². The number of allylic oxidation sites excluding steroid dienone is 2. The van der Waals surface area contributed by atoms with Gasteiger partial charge in [-0.3, -0.25) is 0 Å². The monoisotopic (exact) mass is 403 g/mol. The van der Waals surface area contributed by atoms with Crippen molar-refractivity contribution in [3.8, 4) is 17.1 Å². The zero-order valence-corrected chi connectivity index (χ0v) is 14.6. The predicted octanol–water partition coefficient (Wildman–Crippen LogP) is -0.231. The van der Waals surface area contributed by atoms with Crippen LogP contribution in [0.1, 0.15) is 19.8 Å². The molecule has 2 rings (SSSR count). The highest BCUT2D eigenvalue weighted by Crippen LogP contribution is 2.26. The van der Waals surface area contributed by atoms with Gasteiger partial charge in [0.2, 0.25) is 0 Å². The van der Waals surface area contributed by atoms with Crippen LogP contribution < -0.4 is 33.3 Å². The number of ether oxygens (including phenoxy) is 1. The van der Waals surface area contributed by atoms with Crippen molar-refractivity contribution in [2.75, 3.05) is 6.61 Å². The maximum atomic E-state index is 5.71. The van der Waals surface area contributed by atoms with E-state index in [2.05, 4.69) is 20.9 Å². The molecule has 0 N–H and O–H groups in total. The molecule has 4 nitrogen and oxygen atoms in total. The number of hydrogen-bond acceptors (Lipinski definition) is 4. The molecule has 0 radical (unpaired) electrons. The first-order valence-corrected chi connectivity index (χ1v) is 7.06. The Bertz CT molecular complexity index is 557. The fourth-order valence-electron chi connectivity index (χ4n) is 1.72. The van der Waals surface area contributed by atoms with Crippen LogP contribution in [0.25, 0.3) is 11.3 Å². The van der Waals surface area contributed by atoms with Crippen LogP contribution in [0.5, 0.6) is 5.88 Å². The number of unbranched alkanes of at least 4 members (excludes halogenated alkanes) is 1. The highest BCUT2D eigenvalue weighted by atomic mass is 127. The van der Waals surface area contributed by atoms with Gasteiger partial charge in [-0.05, 0) is 25.8 Å². The second-order valence-electron chi connectivity index (χ2n) is 4.24. The maximum Gasteiger partial charge on any atom is 0.254 e. The summed E-state index contributed by atoms with van der Waals surface area (Å²) >= 11 is 1.19. The molecule has 0 aliphatic heterocycles. The Morgan fingerprint density at radius 2 is 2.25 bits per heavy atom. The van der Waals surface area contributed by atoms with E-state index >= 15 is 0 Å². The zero-order valence-electron chi connectivity index (χ0n) is 11.6. The SMILES string of the molecule is C/C=C/CCCOc1nsnc1-c1ccc[n+](C)c1.[I-]. The van der Waals surface area contributed by atoms with Crippen LogP contribution in [0.2, 0.25) is 0 Å². The van der Waals surface area contributed by atoms with E-state index in [-0.39, 0.29) is 24.0 Å². The minimum atomic E-state index is 0. The highest BCUT2D eigenvalue weighted by Gasteiger charge is 2.13. The molecule has 0 spiro atoms. The number of hydrogen-bond donors (Lipinski definition) is 0. The average Bonchev–Trinajstić information content (AvgIpc) is 2.87.